The molecule has 1 saturated heterocycles. The van der Waals surface area contributed by atoms with Gasteiger partial charge in [0.05, 0.1) is 12.0 Å². The van der Waals surface area contributed by atoms with Crippen LogP contribution in [-0.4, -0.2) is 78.9 Å². The van der Waals surface area contributed by atoms with E-state index in [0.717, 1.165) is 40.0 Å². The third-order valence-corrected chi connectivity index (χ3v) is 5.86. The smallest absolute Gasteiger partial charge is 0.467 e. The van der Waals surface area contributed by atoms with Crippen molar-refractivity contribution in [3.05, 3.63) is 64.2 Å². The first-order valence-electron chi connectivity index (χ1n) is 13.2. The van der Waals surface area contributed by atoms with E-state index in [9.17, 15) is 38.9 Å². The molecule has 1 fully saturated rings. The third kappa shape index (κ3) is 9.88. The van der Waals surface area contributed by atoms with Crippen molar-refractivity contribution in [3.63, 3.8) is 0 Å². The van der Waals surface area contributed by atoms with Crippen LogP contribution >= 0.6 is 0 Å². The molecule has 1 aliphatic rings. The Morgan fingerprint density at radius 2 is 1.37 bits per heavy atom. The summed E-state index contributed by atoms with van der Waals surface area (Å²) in [6.07, 6.45) is -10.8. The summed E-state index contributed by atoms with van der Waals surface area (Å²) in [6, 6.07) is 10.6. The van der Waals surface area contributed by atoms with Gasteiger partial charge in [-0.05, 0) is 29.8 Å². The lowest BCUT2D eigenvalue weighted by atomic mass is 9.97. The maximum Gasteiger partial charge on any atom is 0.514 e. The van der Waals surface area contributed by atoms with E-state index in [-0.39, 0.29) is 23.7 Å². The number of amides is 1. The number of hydrogen-bond donors (Lipinski definition) is 1. The summed E-state index contributed by atoms with van der Waals surface area (Å²) in [6.45, 7) is 2.81. The van der Waals surface area contributed by atoms with Gasteiger partial charge in [0.1, 0.15) is 12.4 Å². The van der Waals surface area contributed by atoms with Crippen molar-refractivity contribution in [3.8, 4) is 5.75 Å². The Kier molecular flexibility index (Phi) is 11.9. The molecule has 0 aliphatic carbocycles. The lowest BCUT2D eigenvalue weighted by molar-refractivity contribution is -0.384. The zero-order valence-corrected chi connectivity index (χ0v) is 24.7. The van der Waals surface area contributed by atoms with Crippen LogP contribution in [-0.2, 0) is 58.9 Å². The van der Waals surface area contributed by atoms with Gasteiger partial charge in [-0.25, -0.2) is 14.4 Å². The van der Waals surface area contributed by atoms with E-state index < -0.39 is 71.8 Å². The summed E-state index contributed by atoms with van der Waals surface area (Å²) >= 11 is 0. The lowest BCUT2D eigenvalue weighted by Crippen LogP contribution is -2.64. The fourth-order valence-electron chi connectivity index (χ4n) is 4.02. The molecule has 3 rings (SSSR count). The average Bonchev–Trinajstić information content (AvgIpc) is 2.98. The van der Waals surface area contributed by atoms with Gasteiger partial charge in [-0.15, -0.1) is 0 Å². The van der Waals surface area contributed by atoms with E-state index in [4.69, 9.17) is 33.2 Å². The standard InChI is InChI=1S/C28H28N2O16/c1-14(31)41-21-22(42-15(2)32)24(43-16(3)33)26(45-23(21)25(34)39-4)46-27(35)29-18-7-5-17(6-8-18)13-40-28(36)44-20-11-9-19(10-12-20)30(37)38/h5-12,21-24,26H,13H2,1-4H3,(H,29,35). The minimum absolute atomic E-state index is 0.0329. The number of non-ortho nitro benzene ring substituents is 1. The number of hydrogen-bond acceptors (Lipinski definition) is 16. The zero-order valence-electron chi connectivity index (χ0n) is 24.7. The van der Waals surface area contributed by atoms with Crippen molar-refractivity contribution in [1.29, 1.82) is 0 Å². The number of ether oxygens (including phenoxy) is 8. The van der Waals surface area contributed by atoms with Crippen LogP contribution in [0, 0.1) is 10.1 Å². The van der Waals surface area contributed by atoms with Crippen molar-refractivity contribution in [1.82, 2.24) is 0 Å². The largest absolute Gasteiger partial charge is 0.514 e. The number of esters is 4. The molecule has 2 aromatic carbocycles. The van der Waals surface area contributed by atoms with Gasteiger partial charge in [0.15, 0.2) is 18.3 Å². The molecule has 1 aliphatic heterocycles. The van der Waals surface area contributed by atoms with E-state index >= 15 is 0 Å². The fraction of sp³-hybridized carbons (Fsp3) is 0.357. The number of nitrogens with zero attached hydrogens (tertiary/aromatic N) is 1. The number of anilines is 1. The summed E-state index contributed by atoms with van der Waals surface area (Å²) in [5.41, 5.74) is 0.478. The highest BCUT2D eigenvalue weighted by atomic mass is 16.8. The van der Waals surface area contributed by atoms with E-state index in [0.29, 0.717) is 5.56 Å². The van der Waals surface area contributed by atoms with Crippen LogP contribution in [0.25, 0.3) is 0 Å². The molecular weight excluding hydrogens is 620 g/mol. The first-order valence-corrected chi connectivity index (χ1v) is 13.2. The number of rotatable bonds is 10. The predicted octanol–water partition coefficient (Wildman–Crippen LogP) is 2.55. The second-order valence-electron chi connectivity index (χ2n) is 9.29. The molecule has 0 bridgehead atoms. The Morgan fingerprint density at radius 3 is 1.91 bits per heavy atom. The summed E-state index contributed by atoms with van der Waals surface area (Å²) in [4.78, 5) is 82.9. The van der Waals surface area contributed by atoms with Crippen molar-refractivity contribution >= 4 is 47.5 Å². The molecule has 2 aromatic rings. The van der Waals surface area contributed by atoms with Crippen LogP contribution < -0.4 is 10.1 Å². The molecule has 0 aromatic heterocycles. The number of benzene rings is 2. The maximum atomic E-state index is 12.8. The van der Waals surface area contributed by atoms with E-state index in [1.54, 1.807) is 0 Å². The topological polar surface area (TPSA) is 231 Å². The van der Waals surface area contributed by atoms with Gasteiger partial charge >= 0.3 is 36.1 Å². The molecule has 18 heteroatoms. The zero-order chi connectivity index (χ0) is 34.0. The molecule has 1 N–H and O–H groups in total. The van der Waals surface area contributed by atoms with Crippen LogP contribution in [0.2, 0.25) is 0 Å². The molecule has 0 spiro atoms. The maximum absolute atomic E-state index is 12.8. The van der Waals surface area contributed by atoms with Crippen molar-refractivity contribution in [2.45, 2.75) is 58.1 Å². The van der Waals surface area contributed by atoms with Crippen LogP contribution in [0.3, 0.4) is 0 Å². The normalized spacial score (nSPS) is 20.2. The summed E-state index contributed by atoms with van der Waals surface area (Å²) in [7, 11) is 1.01. The molecule has 5 atom stereocenters. The number of carbonyl (C=O) groups excluding carboxylic acids is 6. The predicted molar refractivity (Wildman–Crippen MR) is 148 cm³/mol. The van der Waals surface area contributed by atoms with Crippen molar-refractivity contribution in [2.75, 3.05) is 12.4 Å². The quantitative estimate of drug-likeness (QED) is 0.128. The molecule has 0 radical (unpaired) electrons. The number of nitro benzene ring substituents is 1. The number of methoxy groups -OCH3 is 1. The third-order valence-electron chi connectivity index (χ3n) is 5.86. The highest BCUT2D eigenvalue weighted by Crippen LogP contribution is 2.30. The number of carbonyl (C=O) groups is 6. The van der Waals surface area contributed by atoms with Gasteiger partial charge in [-0.3, -0.25) is 29.8 Å². The molecule has 18 nitrogen and oxygen atoms in total. The summed E-state index contributed by atoms with van der Waals surface area (Å²) in [5, 5.41) is 13.1. The molecule has 5 unspecified atom stereocenters. The molecule has 1 heterocycles. The molecule has 46 heavy (non-hydrogen) atoms. The molecule has 0 saturated carbocycles. The van der Waals surface area contributed by atoms with E-state index in [2.05, 4.69) is 10.1 Å². The monoisotopic (exact) mass is 648 g/mol. The highest BCUT2D eigenvalue weighted by Gasteiger charge is 2.56. The second kappa shape index (κ2) is 15.8. The highest BCUT2D eigenvalue weighted by molar-refractivity contribution is 5.85. The summed E-state index contributed by atoms with van der Waals surface area (Å²) in [5.74, 6) is -3.75. The molecular formula is C28H28N2O16. The van der Waals surface area contributed by atoms with Gasteiger partial charge < -0.3 is 37.9 Å². The van der Waals surface area contributed by atoms with Crippen LogP contribution in [0.4, 0.5) is 21.0 Å². The van der Waals surface area contributed by atoms with E-state index in [1.807, 2.05) is 0 Å². The Morgan fingerprint density at radius 1 is 0.804 bits per heavy atom. The van der Waals surface area contributed by atoms with Crippen molar-refractivity contribution < 1.29 is 71.6 Å². The lowest BCUT2D eigenvalue weighted by Gasteiger charge is -2.42. The van der Waals surface area contributed by atoms with Crippen LogP contribution in [0.1, 0.15) is 26.3 Å². The fourth-order valence-corrected chi connectivity index (χ4v) is 4.02. The molecule has 1 amide bonds. The Labute approximate surface area is 259 Å². The second-order valence-corrected chi connectivity index (χ2v) is 9.29. The minimum Gasteiger partial charge on any atom is -0.467 e. The van der Waals surface area contributed by atoms with Gasteiger partial charge in [0.2, 0.25) is 12.4 Å². The van der Waals surface area contributed by atoms with Crippen LogP contribution in [0.5, 0.6) is 5.75 Å². The Balaban J connectivity index is 1.66. The summed E-state index contributed by atoms with van der Waals surface area (Å²) < 4.78 is 41.0. The number of nitrogens with one attached hydrogen (secondary N) is 1. The van der Waals surface area contributed by atoms with E-state index in [1.165, 1.54) is 36.4 Å². The minimum atomic E-state index is -1.85. The molecule has 246 valence electrons. The number of nitro groups is 1. The first kappa shape index (κ1) is 34.7. The Bertz CT molecular complexity index is 1460. The van der Waals surface area contributed by atoms with Gasteiger partial charge in [0, 0.05) is 38.6 Å². The first-order chi connectivity index (χ1) is 21.8. The Hall–Kier alpha value is -5.78. The van der Waals surface area contributed by atoms with Gasteiger partial charge in [-0.1, -0.05) is 12.1 Å². The SMILES string of the molecule is COC(=O)C1OC(OC(=O)Nc2ccc(COC(=O)Oc3ccc([N+](=O)[O-])cc3)cc2)C(OC(C)=O)C(OC(C)=O)C1OC(C)=O. The van der Waals surface area contributed by atoms with Crippen LogP contribution in [0.15, 0.2) is 48.5 Å². The van der Waals surface area contributed by atoms with Crippen molar-refractivity contribution in [2.24, 2.45) is 0 Å². The average molecular weight is 649 g/mol. The van der Waals surface area contributed by atoms with Gasteiger partial charge in [0.25, 0.3) is 5.69 Å². The van der Waals surface area contributed by atoms with Gasteiger partial charge in [-0.2, -0.15) is 0 Å².